The molecular weight excluding hydrogens is 472 g/mol. The summed E-state index contributed by atoms with van der Waals surface area (Å²) in [5, 5.41) is 0. The van der Waals surface area contributed by atoms with E-state index in [9.17, 15) is 4.79 Å². The van der Waals surface area contributed by atoms with E-state index in [4.69, 9.17) is 9.97 Å². The zero-order valence-electron chi connectivity index (χ0n) is 22.5. The Morgan fingerprint density at radius 2 is 1.89 bits per heavy atom. The molecule has 1 saturated carbocycles. The van der Waals surface area contributed by atoms with Crippen LogP contribution in [0, 0.1) is 5.92 Å². The number of anilines is 3. The first-order chi connectivity index (χ1) is 18.7. The van der Waals surface area contributed by atoms with Gasteiger partial charge < -0.3 is 14.7 Å². The number of piperidine rings is 1. The number of benzene rings is 1. The number of pyridine rings is 1. The van der Waals surface area contributed by atoms with Crippen molar-refractivity contribution in [3.8, 4) is 11.3 Å². The fraction of sp³-hybridized carbons (Fsp3) is 0.484. The van der Waals surface area contributed by atoms with Crippen LogP contribution in [0.15, 0.2) is 48.8 Å². The van der Waals surface area contributed by atoms with Gasteiger partial charge in [-0.1, -0.05) is 31.9 Å². The topological polar surface area (TPSA) is 65.5 Å². The maximum absolute atomic E-state index is 13.6. The molecule has 2 aromatic heterocycles. The number of carbonyl (C=O) groups is 1. The standard InChI is InChI=1S/C31H38N6O/c1-2-16-35(19-13-23-11-12-23)30(38)25-9-6-8-24(21-25)28-27-14-20-37(26-10-7-15-32-22-26)29(27)34-31(33-28)36-17-4-3-5-18-36/h6-10,15,21-23H,2-5,11-14,16-20H2,1H3. The van der Waals surface area contributed by atoms with Crippen LogP contribution in [0.3, 0.4) is 0 Å². The summed E-state index contributed by atoms with van der Waals surface area (Å²) in [6.07, 6.45) is 12.9. The lowest BCUT2D eigenvalue weighted by molar-refractivity contribution is 0.0751. The lowest BCUT2D eigenvalue weighted by Gasteiger charge is -2.28. The van der Waals surface area contributed by atoms with Crippen molar-refractivity contribution in [1.82, 2.24) is 19.9 Å². The molecule has 1 aromatic carbocycles. The number of fused-ring (bicyclic) bond motifs is 1. The van der Waals surface area contributed by atoms with Crippen LogP contribution in [0.4, 0.5) is 17.5 Å². The summed E-state index contributed by atoms with van der Waals surface area (Å²) >= 11 is 0. The van der Waals surface area contributed by atoms with Crippen molar-refractivity contribution in [3.63, 3.8) is 0 Å². The van der Waals surface area contributed by atoms with Crippen LogP contribution in [0.25, 0.3) is 11.3 Å². The van der Waals surface area contributed by atoms with Crippen LogP contribution in [0.5, 0.6) is 0 Å². The largest absolute Gasteiger partial charge is 0.341 e. The first-order valence-electron chi connectivity index (χ1n) is 14.4. The maximum Gasteiger partial charge on any atom is 0.253 e. The third-order valence-electron chi connectivity index (χ3n) is 8.08. The molecule has 6 rings (SSSR count). The summed E-state index contributed by atoms with van der Waals surface area (Å²) < 4.78 is 0. The molecule has 7 heteroatoms. The minimum absolute atomic E-state index is 0.133. The van der Waals surface area contributed by atoms with Gasteiger partial charge in [-0.3, -0.25) is 9.78 Å². The van der Waals surface area contributed by atoms with Gasteiger partial charge in [-0.05, 0) is 68.7 Å². The van der Waals surface area contributed by atoms with E-state index < -0.39 is 0 Å². The number of aromatic nitrogens is 3. The van der Waals surface area contributed by atoms with Crippen molar-refractivity contribution in [1.29, 1.82) is 0 Å². The second-order valence-corrected chi connectivity index (χ2v) is 10.9. The number of hydrogen-bond donors (Lipinski definition) is 0. The van der Waals surface area contributed by atoms with E-state index in [0.717, 1.165) is 97.7 Å². The van der Waals surface area contributed by atoms with Gasteiger partial charge in [0.05, 0.1) is 17.6 Å². The van der Waals surface area contributed by atoms with Crippen molar-refractivity contribution in [2.45, 2.75) is 58.3 Å². The quantitative estimate of drug-likeness (QED) is 0.358. The van der Waals surface area contributed by atoms with E-state index in [-0.39, 0.29) is 5.91 Å². The van der Waals surface area contributed by atoms with Gasteiger partial charge in [0.2, 0.25) is 5.95 Å². The van der Waals surface area contributed by atoms with Crippen LogP contribution in [-0.4, -0.2) is 58.5 Å². The molecule has 1 saturated heterocycles. The lowest BCUT2D eigenvalue weighted by atomic mass is 10.0. The molecule has 1 aliphatic carbocycles. The predicted molar refractivity (Wildman–Crippen MR) is 152 cm³/mol. The Morgan fingerprint density at radius 1 is 1.03 bits per heavy atom. The van der Waals surface area contributed by atoms with E-state index in [1.54, 1.807) is 6.20 Å². The Kier molecular flexibility index (Phi) is 7.25. The first-order valence-corrected chi connectivity index (χ1v) is 14.4. The van der Waals surface area contributed by atoms with E-state index in [1.165, 1.54) is 32.1 Å². The summed E-state index contributed by atoms with van der Waals surface area (Å²) in [5.74, 6) is 2.71. The van der Waals surface area contributed by atoms with Crippen molar-refractivity contribution < 1.29 is 4.79 Å². The van der Waals surface area contributed by atoms with E-state index in [1.807, 2.05) is 29.3 Å². The summed E-state index contributed by atoms with van der Waals surface area (Å²) in [5.41, 5.74) is 4.91. The molecule has 0 atom stereocenters. The van der Waals surface area contributed by atoms with Crippen molar-refractivity contribution in [2.24, 2.45) is 5.92 Å². The zero-order chi connectivity index (χ0) is 25.9. The molecule has 1 amide bonds. The fourth-order valence-corrected chi connectivity index (χ4v) is 5.79. The Hall–Kier alpha value is -3.48. The highest BCUT2D eigenvalue weighted by Gasteiger charge is 2.30. The molecule has 38 heavy (non-hydrogen) atoms. The van der Waals surface area contributed by atoms with Gasteiger partial charge in [0.25, 0.3) is 5.91 Å². The molecule has 7 nitrogen and oxygen atoms in total. The highest BCUT2D eigenvalue weighted by Crippen LogP contribution is 2.39. The molecular formula is C31H38N6O. The van der Waals surface area contributed by atoms with Gasteiger partial charge in [0.15, 0.2) is 0 Å². The minimum Gasteiger partial charge on any atom is -0.341 e. The molecule has 4 heterocycles. The highest BCUT2D eigenvalue weighted by atomic mass is 16.2. The molecule has 3 aromatic rings. The SMILES string of the molecule is CCCN(CCC1CC1)C(=O)c1cccc(-c2nc(N3CCCCC3)nc3c2CCN3c2cccnc2)c1. The van der Waals surface area contributed by atoms with Gasteiger partial charge in [0.1, 0.15) is 5.82 Å². The molecule has 0 unspecified atom stereocenters. The van der Waals surface area contributed by atoms with Crippen LogP contribution in [-0.2, 0) is 6.42 Å². The number of nitrogens with zero attached hydrogens (tertiary/aromatic N) is 6. The second-order valence-electron chi connectivity index (χ2n) is 10.9. The fourth-order valence-electron chi connectivity index (χ4n) is 5.79. The highest BCUT2D eigenvalue weighted by molar-refractivity contribution is 5.95. The Bertz CT molecular complexity index is 1270. The van der Waals surface area contributed by atoms with E-state index >= 15 is 0 Å². The molecule has 0 spiro atoms. The van der Waals surface area contributed by atoms with Crippen molar-refractivity contribution >= 4 is 23.4 Å². The van der Waals surface area contributed by atoms with Gasteiger partial charge in [-0.15, -0.1) is 0 Å². The number of carbonyl (C=O) groups excluding carboxylic acids is 1. The lowest BCUT2D eigenvalue weighted by Crippen LogP contribution is -2.33. The molecule has 0 radical (unpaired) electrons. The molecule has 2 aliphatic heterocycles. The van der Waals surface area contributed by atoms with Gasteiger partial charge in [-0.25, -0.2) is 4.98 Å². The molecule has 0 N–H and O–H groups in total. The molecule has 0 bridgehead atoms. The summed E-state index contributed by atoms with van der Waals surface area (Å²) in [4.78, 5) is 34.9. The van der Waals surface area contributed by atoms with Crippen molar-refractivity contribution in [2.75, 3.05) is 42.5 Å². The van der Waals surface area contributed by atoms with Gasteiger partial charge in [0, 0.05) is 55.6 Å². The Balaban J connectivity index is 1.37. The summed E-state index contributed by atoms with van der Waals surface area (Å²) in [6, 6.07) is 12.2. The Labute approximate surface area is 225 Å². The average molecular weight is 511 g/mol. The molecule has 2 fully saturated rings. The minimum atomic E-state index is 0.133. The third kappa shape index (κ3) is 5.24. The monoisotopic (exact) mass is 510 g/mol. The van der Waals surface area contributed by atoms with Crippen molar-refractivity contribution in [3.05, 3.63) is 59.9 Å². The third-order valence-corrected chi connectivity index (χ3v) is 8.08. The number of hydrogen-bond acceptors (Lipinski definition) is 6. The zero-order valence-corrected chi connectivity index (χ0v) is 22.5. The number of amides is 1. The Morgan fingerprint density at radius 3 is 2.66 bits per heavy atom. The molecule has 198 valence electrons. The van der Waals surface area contributed by atoms with Gasteiger partial charge in [-0.2, -0.15) is 4.98 Å². The van der Waals surface area contributed by atoms with E-state index in [0.29, 0.717) is 0 Å². The van der Waals surface area contributed by atoms with E-state index in [2.05, 4.69) is 39.9 Å². The van der Waals surface area contributed by atoms with Crippen LogP contribution < -0.4 is 9.80 Å². The number of rotatable bonds is 9. The van der Waals surface area contributed by atoms with Crippen LogP contribution in [0.2, 0.25) is 0 Å². The van der Waals surface area contributed by atoms with Gasteiger partial charge >= 0.3 is 0 Å². The predicted octanol–water partition coefficient (Wildman–Crippen LogP) is 5.88. The normalized spacial score (nSPS) is 17.0. The molecule has 3 aliphatic rings. The second kappa shape index (κ2) is 11.1. The summed E-state index contributed by atoms with van der Waals surface area (Å²) in [7, 11) is 0. The van der Waals surface area contributed by atoms with Crippen LogP contribution in [0.1, 0.15) is 67.8 Å². The maximum atomic E-state index is 13.6. The first kappa shape index (κ1) is 24.8. The van der Waals surface area contributed by atoms with Crippen LogP contribution >= 0.6 is 0 Å². The summed E-state index contributed by atoms with van der Waals surface area (Å²) in [6.45, 7) is 6.61. The smallest absolute Gasteiger partial charge is 0.253 e. The average Bonchev–Trinajstić information content (AvgIpc) is 3.71.